The fraction of sp³-hybridized carbons (Fsp3) is 0.500. The van der Waals surface area contributed by atoms with Crippen molar-refractivity contribution in [2.24, 2.45) is 0 Å². The van der Waals surface area contributed by atoms with Crippen molar-refractivity contribution in [3.05, 3.63) is 29.8 Å². The highest BCUT2D eigenvalue weighted by Gasteiger charge is 2.39. The quantitative estimate of drug-likeness (QED) is 0.865. The summed E-state index contributed by atoms with van der Waals surface area (Å²) in [4.78, 5) is 24.5. The molecule has 120 valence electrons. The van der Waals surface area contributed by atoms with E-state index < -0.39 is 11.6 Å². The van der Waals surface area contributed by atoms with E-state index in [0.29, 0.717) is 18.9 Å². The molecule has 0 aromatic heterocycles. The van der Waals surface area contributed by atoms with Gasteiger partial charge in [0.05, 0.1) is 0 Å². The normalized spacial score (nSPS) is 20.6. The Bertz CT molecular complexity index is 534. The molecule has 0 spiro atoms. The summed E-state index contributed by atoms with van der Waals surface area (Å²) in [7, 11) is 1.75. The van der Waals surface area contributed by atoms with Crippen LogP contribution in [0, 0.1) is 0 Å². The Morgan fingerprint density at radius 1 is 1.36 bits per heavy atom. The number of hydrogen-bond donors (Lipinski definition) is 1. The summed E-state index contributed by atoms with van der Waals surface area (Å²) in [5, 5.41) is 8.56. The molecule has 1 aromatic rings. The second-order valence-electron chi connectivity index (χ2n) is 5.67. The van der Waals surface area contributed by atoms with Crippen molar-refractivity contribution < 1.29 is 24.2 Å². The summed E-state index contributed by atoms with van der Waals surface area (Å²) in [5.74, 6) is -0.540. The van der Waals surface area contributed by atoms with Crippen molar-refractivity contribution in [1.82, 2.24) is 4.90 Å². The molecule has 1 aliphatic rings. The number of ether oxygens (including phenoxy) is 2. The molecule has 1 atom stereocenters. The van der Waals surface area contributed by atoms with E-state index in [9.17, 15) is 9.59 Å². The highest BCUT2D eigenvalue weighted by molar-refractivity contribution is 5.84. The van der Waals surface area contributed by atoms with Crippen molar-refractivity contribution in [1.29, 1.82) is 0 Å². The van der Waals surface area contributed by atoms with E-state index in [2.05, 4.69) is 0 Å². The van der Waals surface area contributed by atoms with Crippen LogP contribution >= 0.6 is 0 Å². The van der Waals surface area contributed by atoms with Gasteiger partial charge in [-0.1, -0.05) is 12.1 Å². The lowest BCUT2D eigenvalue weighted by Crippen LogP contribution is -2.44. The molecule has 0 aliphatic carbocycles. The Morgan fingerprint density at radius 3 is 2.59 bits per heavy atom. The lowest BCUT2D eigenvalue weighted by atomic mass is 10.0. The molecule has 0 radical (unpaired) electrons. The number of carboxylic acids is 1. The monoisotopic (exact) mass is 307 g/mol. The molecule has 6 nitrogen and oxygen atoms in total. The predicted octanol–water partition coefficient (Wildman–Crippen LogP) is 1.68. The maximum absolute atomic E-state index is 12.4. The van der Waals surface area contributed by atoms with E-state index in [1.165, 1.54) is 0 Å². The Morgan fingerprint density at radius 2 is 2.05 bits per heavy atom. The largest absolute Gasteiger partial charge is 0.482 e. The molecule has 0 bridgehead atoms. The Hall–Kier alpha value is -2.08. The minimum atomic E-state index is -1.01. The molecule has 6 heteroatoms. The second kappa shape index (κ2) is 6.79. The number of aliphatic carboxylic acids is 1. The fourth-order valence-corrected chi connectivity index (χ4v) is 2.53. The molecule has 1 aliphatic heterocycles. The number of carbonyl (C=O) groups excluding carboxylic acids is 1. The zero-order chi connectivity index (χ0) is 16.2. The van der Waals surface area contributed by atoms with Crippen molar-refractivity contribution in [3.63, 3.8) is 0 Å². The molecule has 1 fully saturated rings. The molecular weight excluding hydrogens is 286 g/mol. The molecule has 1 saturated heterocycles. The summed E-state index contributed by atoms with van der Waals surface area (Å²) in [5.41, 5.74) is 0.236. The molecule has 1 N–H and O–H groups in total. The minimum Gasteiger partial charge on any atom is -0.482 e. The van der Waals surface area contributed by atoms with E-state index in [-0.39, 0.29) is 12.5 Å². The van der Waals surface area contributed by atoms with Gasteiger partial charge < -0.3 is 19.5 Å². The van der Waals surface area contributed by atoms with Gasteiger partial charge in [-0.15, -0.1) is 0 Å². The van der Waals surface area contributed by atoms with E-state index in [1.54, 1.807) is 24.1 Å². The summed E-state index contributed by atoms with van der Waals surface area (Å²) >= 11 is 0. The maximum Gasteiger partial charge on any atom is 0.341 e. The van der Waals surface area contributed by atoms with Gasteiger partial charge in [-0.3, -0.25) is 4.79 Å². The third-order valence-electron chi connectivity index (χ3n) is 3.72. The van der Waals surface area contributed by atoms with Crippen LogP contribution in [-0.2, 0) is 20.9 Å². The van der Waals surface area contributed by atoms with Gasteiger partial charge in [-0.25, -0.2) is 4.79 Å². The average Bonchev–Trinajstić information content (AvgIpc) is 2.93. The number of likely N-dealkylation sites (N-methyl/N-ethyl adjacent to an activating group) is 1. The lowest BCUT2D eigenvalue weighted by Gasteiger charge is -2.28. The first-order chi connectivity index (χ1) is 10.4. The zero-order valence-corrected chi connectivity index (χ0v) is 12.9. The van der Waals surface area contributed by atoms with E-state index >= 15 is 0 Å². The first-order valence-corrected chi connectivity index (χ1v) is 7.24. The maximum atomic E-state index is 12.4. The Kier molecular flexibility index (Phi) is 5.03. The van der Waals surface area contributed by atoms with Crippen LogP contribution in [0.2, 0.25) is 0 Å². The lowest BCUT2D eigenvalue weighted by molar-refractivity contribution is -0.150. The first kappa shape index (κ1) is 16.3. The minimum absolute atomic E-state index is 0.0174. The smallest absolute Gasteiger partial charge is 0.341 e. The summed E-state index contributed by atoms with van der Waals surface area (Å²) in [6.07, 6.45) is 1.66. The average molecular weight is 307 g/mol. The van der Waals surface area contributed by atoms with Gasteiger partial charge in [0.15, 0.2) is 6.61 Å². The molecule has 1 aromatic carbocycles. The van der Waals surface area contributed by atoms with Crippen LogP contribution in [0.4, 0.5) is 0 Å². The number of nitrogens with zero attached hydrogens (tertiary/aromatic N) is 1. The summed E-state index contributed by atoms with van der Waals surface area (Å²) in [6, 6.07) is 7.03. The van der Waals surface area contributed by atoms with Gasteiger partial charge in [0.1, 0.15) is 11.4 Å². The Balaban J connectivity index is 1.92. The molecule has 0 unspecified atom stereocenters. The van der Waals surface area contributed by atoms with E-state index in [1.807, 2.05) is 19.1 Å². The molecule has 1 heterocycles. The van der Waals surface area contributed by atoms with Crippen LogP contribution in [0.25, 0.3) is 0 Å². The van der Waals surface area contributed by atoms with Crippen LogP contribution in [-0.4, -0.2) is 47.7 Å². The van der Waals surface area contributed by atoms with E-state index in [0.717, 1.165) is 18.4 Å². The molecular formula is C16H21NO5. The third kappa shape index (κ3) is 3.98. The highest BCUT2D eigenvalue weighted by atomic mass is 16.5. The number of carboxylic acid groups (broad SMARTS) is 1. The molecule has 22 heavy (non-hydrogen) atoms. The number of rotatable bonds is 6. The van der Waals surface area contributed by atoms with Gasteiger partial charge in [-0.2, -0.15) is 0 Å². The van der Waals surface area contributed by atoms with Gasteiger partial charge in [-0.05, 0) is 37.5 Å². The van der Waals surface area contributed by atoms with Crippen molar-refractivity contribution >= 4 is 11.9 Å². The van der Waals surface area contributed by atoms with Crippen molar-refractivity contribution in [2.45, 2.75) is 31.9 Å². The first-order valence-electron chi connectivity index (χ1n) is 7.24. The van der Waals surface area contributed by atoms with Crippen LogP contribution < -0.4 is 4.74 Å². The van der Waals surface area contributed by atoms with E-state index in [4.69, 9.17) is 14.6 Å². The van der Waals surface area contributed by atoms with Gasteiger partial charge >= 0.3 is 5.97 Å². The van der Waals surface area contributed by atoms with Gasteiger partial charge in [0.2, 0.25) is 0 Å². The van der Waals surface area contributed by atoms with Gasteiger partial charge in [0, 0.05) is 20.2 Å². The molecule has 2 rings (SSSR count). The predicted molar refractivity (Wildman–Crippen MR) is 79.6 cm³/mol. The van der Waals surface area contributed by atoms with Crippen molar-refractivity contribution in [2.75, 3.05) is 20.3 Å². The molecule has 0 saturated carbocycles. The number of hydrogen-bond acceptors (Lipinski definition) is 4. The van der Waals surface area contributed by atoms with Crippen LogP contribution in [0.3, 0.4) is 0 Å². The Labute approximate surface area is 129 Å². The van der Waals surface area contributed by atoms with Crippen LogP contribution in [0.5, 0.6) is 5.75 Å². The van der Waals surface area contributed by atoms with Crippen LogP contribution in [0.1, 0.15) is 25.3 Å². The number of benzene rings is 1. The van der Waals surface area contributed by atoms with Gasteiger partial charge in [0.25, 0.3) is 5.91 Å². The number of amides is 1. The number of carbonyl (C=O) groups is 2. The second-order valence-corrected chi connectivity index (χ2v) is 5.67. The standard InChI is InChI=1S/C16H21NO5/c1-16(8-3-9-22-16)15(20)17(2)10-12-4-6-13(7-5-12)21-11-14(18)19/h4-7H,3,8-11H2,1-2H3,(H,18,19)/t16-/m0/s1. The summed E-state index contributed by atoms with van der Waals surface area (Å²) in [6.45, 7) is 2.57. The molecule has 1 amide bonds. The third-order valence-corrected chi connectivity index (χ3v) is 3.72. The topological polar surface area (TPSA) is 76.1 Å². The van der Waals surface area contributed by atoms with Crippen molar-refractivity contribution in [3.8, 4) is 5.75 Å². The van der Waals surface area contributed by atoms with Crippen LogP contribution in [0.15, 0.2) is 24.3 Å². The highest BCUT2D eigenvalue weighted by Crippen LogP contribution is 2.27. The SMILES string of the molecule is CN(Cc1ccc(OCC(=O)O)cc1)C(=O)[C@]1(C)CCCO1. The fourth-order valence-electron chi connectivity index (χ4n) is 2.53. The summed E-state index contributed by atoms with van der Waals surface area (Å²) < 4.78 is 10.6. The zero-order valence-electron chi connectivity index (χ0n) is 12.9.